The summed E-state index contributed by atoms with van der Waals surface area (Å²) < 4.78 is 5.34. The van der Waals surface area contributed by atoms with Crippen molar-refractivity contribution < 1.29 is 14.6 Å². The fourth-order valence-corrected chi connectivity index (χ4v) is 4.07. The Balaban J connectivity index is 1.58. The van der Waals surface area contributed by atoms with E-state index in [9.17, 15) is 9.90 Å². The molecule has 0 bridgehead atoms. The van der Waals surface area contributed by atoms with Gasteiger partial charge in [0.05, 0.1) is 29.5 Å². The summed E-state index contributed by atoms with van der Waals surface area (Å²) >= 11 is 6.22. The zero-order valence-electron chi connectivity index (χ0n) is 16.8. The number of ether oxygens (including phenoxy) is 1. The number of nitrogens with one attached hydrogen (secondary N) is 2. The van der Waals surface area contributed by atoms with Crippen molar-refractivity contribution in [3.63, 3.8) is 0 Å². The van der Waals surface area contributed by atoms with E-state index in [2.05, 4.69) is 27.7 Å². The zero-order valence-corrected chi connectivity index (χ0v) is 17.6. The van der Waals surface area contributed by atoms with Crippen LogP contribution in [0.4, 0.5) is 5.69 Å². The van der Waals surface area contributed by atoms with Gasteiger partial charge in [0.15, 0.2) is 0 Å². The smallest absolute Gasteiger partial charge is 0.255 e. The minimum Gasteiger partial charge on any atom is -0.496 e. The molecule has 2 aromatic carbocycles. The van der Waals surface area contributed by atoms with Crippen LogP contribution >= 0.6 is 11.6 Å². The molecule has 2 aromatic rings. The molecule has 0 radical (unpaired) electrons. The molecular formula is C22H28ClN3O3. The average molecular weight is 418 g/mol. The van der Waals surface area contributed by atoms with Gasteiger partial charge in [-0.2, -0.15) is 0 Å². The molecule has 156 valence electrons. The number of hydrogen-bond acceptors (Lipinski definition) is 5. The van der Waals surface area contributed by atoms with Crippen LogP contribution in [-0.2, 0) is 6.54 Å². The summed E-state index contributed by atoms with van der Waals surface area (Å²) in [5.74, 6) is 0.248. The van der Waals surface area contributed by atoms with Gasteiger partial charge in [0.25, 0.3) is 5.91 Å². The number of benzene rings is 2. The molecule has 3 N–H and O–H groups in total. The molecule has 0 unspecified atom stereocenters. The number of methoxy groups -OCH3 is 1. The van der Waals surface area contributed by atoms with Gasteiger partial charge in [-0.15, -0.1) is 0 Å². The van der Waals surface area contributed by atoms with Gasteiger partial charge >= 0.3 is 0 Å². The average Bonchev–Trinajstić information content (AvgIpc) is 3.07. The second-order valence-corrected chi connectivity index (χ2v) is 7.69. The number of halogens is 1. The third-order valence-electron chi connectivity index (χ3n) is 5.30. The molecule has 29 heavy (non-hydrogen) atoms. The first-order chi connectivity index (χ1) is 14.0. The van der Waals surface area contributed by atoms with Gasteiger partial charge in [0.2, 0.25) is 0 Å². The van der Waals surface area contributed by atoms with Crippen molar-refractivity contribution in [1.82, 2.24) is 10.2 Å². The van der Waals surface area contributed by atoms with Gasteiger partial charge in [-0.05, 0) is 24.5 Å². The van der Waals surface area contributed by atoms with E-state index in [1.165, 1.54) is 12.7 Å². The minimum atomic E-state index is -0.326. The molecule has 2 atom stereocenters. The number of amides is 1. The van der Waals surface area contributed by atoms with Crippen LogP contribution in [0.25, 0.3) is 0 Å². The Morgan fingerprint density at radius 3 is 2.76 bits per heavy atom. The molecule has 0 aromatic heterocycles. The van der Waals surface area contributed by atoms with E-state index < -0.39 is 0 Å². The highest BCUT2D eigenvalue weighted by Gasteiger charge is 2.30. The van der Waals surface area contributed by atoms with Crippen LogP contribution in [0, 0.1) is 0 Å². The normalized spacial score (nSPS) is 19.2. The van der Waals surface area contributed by atoms with Crippen molar-refractivity contribution >= 4 is 23.2 Å². The third kappa shape index (κ3) is 5.41. The quantitative estimate of drug-likeness (QED) is 0.615. The molecule has 1 fully saturated rings. The number of β-amino-alcohol motifs (C(OH)–C–C–N with tert-alkyl or cyclic N) is 1. The van der Waals surface area contributed by atoms with E-state index in [4.69, 9.17) is 16.3 Å². The largest absolute Gasteiger partial charge is 0.496 e. The fourth-order valence-electron chi connectivity index (χ4n) is 3.81. The second kappa shape index (κ2) is 9.96. The lowest BCUT2D eigenvalue weighted by Gasteiger charge is -2.24. The predicted molar refractivity (Wildman–Crippen MR) is 116 cm³/mol. The molecule has 1 aliphatic rings. The van der Waals surface area contributed by atoms with Crippen LogP contribution in [0.2, 0.25) is 5.02 Å². The van der Waals surface area contributed by atoms with E-state index in [0.29, 0.717) is 41.5 Å². The number of rotatable bonds is 8. The standard InChI is InChI=1S/C22H28ClN3O3/c1-24-20-12-21(29-2)18(11-19(20)23)22(28)25-9-8-16-10-17(27)14-26(16)13-15-6-4-3-5-7-15/h3-7,11-12,16-17,24,27H,8-10,13-14H2,1-2H3,(H,25,28)/t16-,17-/m0/s1. The number of carbonyl (C=O) groups excluding carboxylic acids is 1. The molecule has 1 heterocycles. The Hall–Kier alpha value is -2.28. The molecular weight excluding hydrogens is 390 g/mol. The number of anilines is 1. The summed E-state index contributed by atoms with van der Waals surface area (Å²) in [5.41, 5.74) is 2.33. The van der Waals surface area contributed by atoms with E-state index in [0.717, 1.165) is 13.0 Å². The summed E-state index contributed by atoms with van der Waals surface area (Å²) in [6.07, 6.45) is 1.15. The summed E-state index contributed by atoms with van der Waals surface area (Å²) in [6, 6.07) is 13.8. The van der Waals surface area contributed by atoms with Crippen LogP contribution in [0.3, 0.4) is 0 Å². The van der Waals surface area contributed by atoms with Crippen molar-refractivity contribution in [3.8, 4) is 5.75 Å². The Labute approximate surface area is 176 Å². The molecule has 3 rings (SSSR count). The van der Waals surface area contributed by atoms with Crippen LogP contribution in [0.15, 0.2) is 42.5 Å². The van der Waals surface area contributed by atoms with Crippen molar-refractivity contribution in [2.45, 2.75) is 31.5 Å². The molecule has 1 aliphatic heterocycles. The number of aliphatic hydroxyl groups is 1. The lowest BCUT2D eigenvalue weighted by atomic mass is 10.1. The van der Waals surface area contributed by atoms with Crippen molar-refractivity contribution in [2.24, 2.45) is 0 Å². The number of hydrogen-bond donors (Lipinski definition) is 3. The highest BCUT2D eigenvalue weighted by Crippen LogP contribution is 2.30. The fraction of sp³-hybridized carbons (Fsp3) is 0.409. The van der Waals surface area contributed by atoms with Gasteiger partial charge in [-0.3, -0.25) is 9.69 Å². The van der Waals surface area contributed by atoms with Gasteiger partial charge in [-0.1, -0.05) is 41.9 Å². The van der Waals surface area contributed by atoms with Crippen LogP contribution in [0.1, 0.15) is 28.8 Å². The number of carbonyl (C=O) groups is 1. The lowest BCUT2D eigenvalue weighted by Crippen LogP contribution is -2.34. The van der Waals surface area contributed by atoms with E-state index in [1.807, 2.05) is 18.2 Å². The Kier molecular flexibility index (Phi) is 7.36. The Morgan fingerprint density at radius 1 is 1.31 bits per heavy atom. The van der Waals surface area contributed by atoms with Gasteiger partial charge < -0.3 is 20.5 Å². The molecule has 1 saturated heterocycles. The second-order valence-electron chi connectivity index (χ2n) is 7.29. The zero-order chi connectivity index (χ0) is 20.8. The maximum absolute atomic E-state index is 12.7. The first-order valence-corrected chi connectivity index (χ1v) is 10.2. The maximum Gasteiger partial charge on any atom is 0.255 e. The molecule has 7 heteroatoms. The summed E-state index contributed by atoms with van der Waals surface area (Å²) in [7, 11) is 3.29. The number of likely N-dealkylation sites (tertiary alicyclic amines) is 1. The Bertz CT molecular complexity index is 832. The lowest BCUT2D eigenvalue weighted by molar-refractivity contribution is 0.0946. The minimum absolute atomic E-state index is 0.223. The topological polar surface area (TPSA) is 73.8 Å². The molecule has 0 aliphatic carbocycles. The van der Waals surface area contributed by atoms with E-state index in [-0.39, 0.29) is 18.1 Å². The molecule has 0 spiro atoms. The van der Waals surface area contributed by atoms with Crippen molar-refractivity contribution in [1.29, 1.82) is 0 Å². The number of aliphatic hydroxyl groups excluding tert-OH is 1. The molecule has 6 nitrogen and oxygen atoms in total. The predicted octanol–water partition coefficient (Wildman–Crippen LogP) is 3.15. The van der Waals surface area contributed by atoms with Crippen molar-refractivity contribution in [3.05, 3.63) is 58.6 Å². The third-order valence-corrected chi connectivity index (χ3v) is 5.61. The molecule has 0 saturated carbocycles. The maximum atomic E-state index is 12.7. The van der Waals surface area contributed by atoms with Gasteiger partial charge in [0, 0.05) is 38.8 Å². The first-order valence-electron chi connectivity index (χ1n) is 9.81. The van der Waals surface area contributed by atoms with Crippen LogP contribution < -0.4 is 15.4 Å². The van der Waals surface area contributed by atoms with Crippen LogP contribution in [-0.4, -0.2) is 55.3 Å². The summed E-state index contributed by atoms with van der Waals surface area (Å²) in [5, 5.41) is 16.5. The van der Waals surface area contributed by atoms with Crippen molar-refractivity contribution in [2.75, 3.05) is 32.6 Å². The van der Waals surface area contributed by atoms with Crippen LogP contribution in [0.5, 0.6) is 5.75 Å². The van der Waals surface area contributed by atoms with Gasteiger partial charge in [0.1, 0.15) is 5.75 Å². The first kappa shape index (κ1) is 21.4. The summed E-state index contributed by atoms with van der Waals surface area (Å²) in [4.78, 5) is 14.9. The SMILES string of the molecule is CNc1cc(OC)c(C(=O)NCC[C@H]2C[C@H](O)CN2Cc2ccccc2)cc1Cl. The highest BCUT2D eigenvalue weighted by molar-refractivity contribution is 6.33. The Morgan fingerprint density at radius 2 is 2.07 bits per heavy atom. The molecule has 1 amide bonds. The monoisotopic (exact) mass is 417 g/mol. The van der Waals surface area contributed by atoms with E-state index in [1.54, 1.807) is 19.2 Å². The summed E-state index contributed by atoms with van der Waals surface area (Å²) in [6.45, 7) is 1.96. The number of nitrogens with zero attached hydrogens (tertiary/aromatic N) is 1. The van der Waals surface area contributed by atoms with Gasteiger partial charge in [-0.25, -0.2) is 0 Å². The van der Waals surface area contributed by atoms with E-state index >= 15 is 0 Å². The highest BCUT2D eigenvalue weighted by atomic mass is 35.5.